The van der Waals surface area contributed by atoms with Crippen molar-refractivity contribution in [3.63, 3.8) is 0 Å². The molecule has 0 saturated carbocycles. The van der Waals surface area contributed by atoms with Crippen LogP contribution in [-0.4, -0.2) is 21.9 Å². The number of hydrogen-bond donors (Lipinski definition) is 1. The van der Waals surface area contributed by atoms with Crippen molar-refractivity contribution >= 4 is 0 Å². The molecule has 1 aromatic rings. The van der Waals surface area contributed by atoms with E-state index < -0.39 is 0 Å². The van der Waals surface area contributed by atoms with E-state index in [0.29, 0.717) is 6.04 Å². The molecule has 0 aliphatic carbocycles. The summed E-state index contributed by atoms with van der Waals surface area (Å²) in [6.07, 6.45) is 2.36. The second kappa shape index (κ2) is 5.67. The van der Waals surface area contributed by atoms with Crippen LogP contribution in [0.1, 0.15) is 58.0 Å². The quantitative estimate of drug-likeness (QED) is 0.852. The highest BCUT2D eigenvalue weighted by molar-refractivity contribution is 5.07. The van der Waals surface area contributed by atoms with Crippen LogP contribution in [0.5, 0.6) is 0 Å². The maximum Gasteiger partial charge on any atom is 0.0646 e. The first-order valence-corrected chi connectivity index (χ1v) is 6.61. The van der Waals surface area contributed by atoms with E-state index in [1.165, 1.54) is 18.5 Å². The smallest absolute Gasteiger partial charge is 0.0646 e. The molecule has 3 heteroatoms. The van der Waals surface area contributed by atoms with Crippen LogP contribution in [0.25, 0.3) is 0 Å². The van der Waals surface area contributed by atoms with Crippen LogP contribution in [-0.2, 0) is 0 Å². The molecule has 0 saturated heterocycles. The second-order valence-corrected chi connectivity index (χ2v) is 5.95. The summed E-state index contributed by atoms with van der Waals surface area (Å²) in [5.74, 6) is 0. The third kappa shape index (κ3) is 4.50. The van der Waals surface area contributed by atoms with Crippen molar-refractivity contribution in [1.29, 1.82) is 0 Å². The molecule has 0 aliphatic rings. The van der Waals surface area contributed by atoms with Gasteiger partial charge < -0.3 is 5.32 Å². The lowest BCUT2D eigenvalue weighted by Gasteiger charge is -2.26. The maximum atomic E-state index is 4.61. The van der Waals surface area contributed by atoms with Crippen LogP contribution in [0.15, 0.2) is 6.07 Å². The Hall–Kier alpha value is -0.830. The molecule has 0 amide bonds. The first kappa shape index (κ1) is 14.2. The molecule has 0 aromatic carbocycles. The normalized spacial score (nSPS) is 14.0. The van der Waals surface area contributed by atoms with Gasteiger partial charge in [-0.15, -0.1) is 0 Å². The van der Waals surface area contributed by atoms with Gasteiger partial charge in [-0.2, -0.15) is 5.10 Å². The molecular formula is C14H27N3. The molecule has 0 radical (unpaired) electrons. The predicted molar refractivity (Wildman–Crippen MR) is 73.4 cm³/mol. The molecule has 1 heterocycles. The molecule has 1 unspecified atom stereocenters. The fraction of sp³-hybridized carbons (Fsp3) is 0.786. The Kier molecular flexibility index (Phi) is 4.75. The topological polar surface area (TPSA) is 29.9 Å². The average Bonchev–Trinajstić information content (AvgIpc) is 2.51. The summed E-state index contributed by atoms with van der Waals surface area (Å²) in [6.45, 7) is 14.0. The Morgan fingerprint density at radius 3 is 2.41 bits per heavy atom. The molecule has 1 atom stereocenters. The molecule has 1 aromatic heterocycles. The number of nitrogens with zero attached hydrogens (tertiary/aromatic N) is 2. The van der Waals surface area contributed by atoms with Gasteiger partial charge in [0.15, 0.2) is 0 Å². The molecule has 3 nitrogen and oxygen atoms in total. The van der Waals surface area contributed by atoms with E-state index in [0.717, 1.165) is 12.2 Å². The Balaban J connectivity index is 2.75. The zero-order valence-corrected chi connectivity index (χ0v) is 12.2. The lowest BCUT2D eigenvalue weighted by Crippen LogP contribution is -2.40. The van der Waals surface area contributed by atoms with Gasteiger partial charge in [-0.3, -0.25) is 4.68 Å². The van der Waals surface area contributed by atoms with Gasteiger partial charge in [0.05, 0.1) is 11.7 Å². The van der Waals surface area contributed by atoms with E-state index in [9.17, 15) is 0 Å². The highest BCUT2D eigenvalue weighted by Gasteiger charge is 2.17. The minimum absolute atomic E-state index is 0.169. The molecule has 0 aliphatic heterocycles. The molecule has 0 bridgehead atoms. The van der Waals surface area contributed by atoms with Crippen LogP contribution in [0.4, 0.5) is 0 Å². The van der Waals surface area contributed by atoms with Crippen molar-refractivity contribution in [2.45, 2.75) is 66.0 Å². The number of hydrogen-bond acceptors (Lipinski definition) is 2. The summed E-state index contributed by atoms with van der Waals surface area (Å²) in [5.41, 5.74) is 2.54. The Morgan fingerprint density at radius 1 is 1.35 bits per heavy atom. The van der Waals surface area contributed by atoms with Crippen LogP contribution in [0.2, 0.25) is 0 Å². The van der Waals surface area contributed by atoms with Crippen LogP contribution in [0.3, 0.4) is 0 Å². The second-order valence-electron chi connectivity index (χ2n) is 5.95. The molecule has 0 spiro atoms. The van der Waals surface area contributed by atoms with E-state index >= 15 is 0 Å². The van der Waals surface area contributed by atoms with Crippen LogP contribution >= 0.6 is 0 Å². The van der Waals surface area contributed by atoms with Crippen molar-refractivity contribution in [3.8, 4) is 0 Å². The Labute approximate surface area is 106 Å². The van der Waals surface area contributed by atoms with Crippen molar-refractivity contribution in [1.82, 2.24) is 15.1 Å². The Morgan fingerprint density at radius 2 is 2.00 bits per heavy atom. The standard InChI is InChI=1S/C14H27N3/c1-7-8-13(10-15-14(4,5)6)17-12(3)9-11(2)16-17/h9,13,15H,7-8,10H2,1-6H3. The first-order chi connectivity index (χ1) is 7.83. The van der Waals surface area contributed by atoms with E-state index in [1.807, 2.05) is 0 Å². The van der Waals surface area contributed by atoms with E-state index in [2.05, 4.69) is 62.7 Å². The van der Waals surface area contributed by atoms with Gasteiger partial charge >= 0.3 is 0 Å². The summed E-state index contributed by atoms with van der Waals surface area (Å²) >= 11 is 0. The maximum absolute atomic E-state index is 4.61. The average molecular weight is 237 g/mol. The third-order valence-electron chi connectivity index (χ3n) is 2.88. The summed E-state index contributed by atoms with van der Waals surface area (Å²) in [4.78, 5) is 0. The zero-order chi connectivity index (χ0) is 13.1. The lowest BCUT2D eigenvalue weighted by molar-refractivity contribution is 0.332. The fourth-order valence-corrected chi connectivity index (χ4v) is 2.08. The minimum Gasteiger partial charge on any atom is -0.310 e. The van der Waals surface area contributed by atoms with Gasteiger partial charge in [0, 0.05) is 17.8 Å². The number of aromatic nitrogens is 2. The number of aryl methyl sites for hydroxylation is 2. The van der Waals surface area contributed by atoms with Crippen LogP contribution < -0.4 is 5.32 Å². The van der Waals surface area contributed by atoms with Crippen molar-refractivity contribution in [3.05, 3.63) is 17.5 Å². The summed E-state index contributed by atoms with van der Waals surface area (Å²) in [6, 6.07) is 2.62. The van der Waals surface area contributed by atoms with Gasteiger partial charge in [-0.05, 0) is 47.1 Å². The summed E-state index contributed by atoms with van der Waals surface area (Å²) < 4.78 is 2.18. The molecule has 0 fully saturated rings. The van der Waals surface area contributed by atoms with Gasteiger partial charge in [-0.25, -0.2) is 0 Å². The van der Waals surface area contributed by atoms with Gasteiger partial charge in [-0.1, -0.05) is 13.3 Å². The van der Waals surface area contributed by atoms with Gasteiger partial charge in [0.2, 0.25) is 0 Å². The van der Waals surface area contributed by atoms with Crippen molar-refractivity contribution in [2.24, 2.45) is 0 Å². The fourth-order valence-electron chi connectivity index (χ4n) is 2.08. The van der Waals surface area contributed by atoms with E-state index in [1.54, 1.807) is 0 Å². The first-order valence-electron chi connectivity index (χ1n) is 6.61. The minimum atomic E-state index is 0.169. The van der Waals surface area contributed by atoms with E-state index in [-0.39, 0.29) is 5.54 Å². The molecule has 1 rings (SSSR count). The number of rotatable bonds is 5. The zero-order valence-electron chi connectivity index (χ0n) is 12.2. The monoisotopic (exact) mass is 237 g/mol. The Bertz CT molecular complexity index is 347. The molecule has 17 heavy (non-hydrogen) atoms. The number of nitrogens with one attached hydrogen (secondary N) is 1. The highest BCUT2D eigenvalue weighted by atomic mass is 15.3. The molecule has 1 N–H and O–H groups in total. The predicted octanol–water partition coefficient (Wildman–Crippen LogP) is 3.23. The molecular weight excluding hydrogens is 210 g/mol. The lowest BCUT2D eigenvalue weighted by atomic mass is 10.1. The van der Waals surface area contributed by atoms with Gasteiger partial charge in [0.1, 0.15) is 0 Å². The van der Waals surface area contributed by atoms with Crippen molar-refractivity contribution < 1.29 is 0 Å². The van der Waals surface area contributed by atoms with E-state index in [4.69, 9.17) is 0 Å². The SMILES string of the molecule is CCCC(CNC(C)(C)C)n1nc(C)cc1C. The molecule has 98 valence electrons. The summed E-state index contributed by atoms with van der Waals surface area (Å²) in [5, 5.41) is 8.19. The van der Waals surface area contributed by atoms with Crippen LogP contribution in [0, 0.1) is 13.8 Å². The van der Waals surface area contributed by atoms with Crippen molar-refractivity contribution in [2.75, 3.05) is 6.54 Å². The third-order valence-corrected chi connectivity index (χ3v) is 2.88. The largest absolute Gasteiger partial charge is 0.310 e. The van der Waals surface area contributed by atoms with Gasteiger partial charge in [0.25, 0.3) is 0 Å². The summed E-state index contributed by atoms with van der Waals surface area (Å²) in [7, 11) is 0. The highest BCUT2D eigenvalue weighted by Crippen LogP contribution is 2.17.